The molecular weight excluding hydrogens is 250 g/mol. The maximum Gasteiger partial charge on any atom is 0.121 e. The summed E-state index contributed by atoms with van der Waals surface area (Å²) in [5, 5.41) is 3.39. The van der Waals surface area contributed by atoms with E-state index in [0.29, 0.717) is 13.2 Å². The predicted octanol–water partition coefficient (Wildman–Crippen LogP) is 3.71. The second kappa shape index (κ2) is 8.23. The molecule has 0 aliphatic rings. The fourth-order valence-electron chi connectivity index (χ4n) is 1.86. The number of ether oxygens (including phenoxy) is 2. The topological polar surface area (TPSA) is 30.5 Å². The van der Waals surface area contributed by atoms with Crippen LogP contribution < -0.4 is 10.1 Å². The maximum atomic E-state index is 5.64. The molecule has 0 radical (unpaired) electrons. The average molecular weight is 271 g/mol. The lowest BCUT2D eigenvalue weighted by atomic mass is 10.2. The fourth-order valence-corrected chi connectivity index (χ4v) is 1.86. The van der Waals surface area contributed by atoms with Crippen LogP contribution in [0.1, 0.15) is 12.5 Å². The molecule has 0 unspecified atom stereocenters. The monoisotopic (exact) mass is 271 g/mol. The Hall–Kier alpha value is -2.00. The van der Waals surface area contributed by atoms with E-state index in [2.05, 4.69) is 17.4 Å². The Kier molecular flexibility index (Phi) is 5.93. The van der Waals surface area contributed by atoms with E-state index in [1.54, 1.807) is 0 Å². The Labute approximate surface area is 120 Å². The van der Waals surface area contributed by atoms with Crippen molar-refractivity contribution in [1.29, 1.82) is 0 Å². The van der Waals surface area contributed by atoms with E-state index in [1.165, 1.54) is 5.56 Å². The van der Waals surface area contributed by atoms with Crippen LogP contribution in [0.2, 0.25) is 0 Å². The highest BCUT2D eigenvalue weighted by atomic mass is 16.5. The van der Waals surface area contributed by atoms with Crippen molar-refractivity contribution in [2.24, 2.45) is 0 Å². The molecule has 3 nitrogen and oxygen atoms in total. The number of nitrogens with one attached hydrogen (secondary N) is 1. The molecule has 2 aromatic carbocycles. The standard InChI is InChI=1S/C17H21NO2/c1-2-19-11-12-20-17-10-6-9-16(13-17)18-14-15-7-4-3-5-8-15/h3-10,13,18H,2,11-12,14H2,1H3. The van der Waals surface area contributed by atoms with Crippen molar-refractivity contribution in [2.75, 3.05) is 25.1 Å². The molecule has 0 aliphatic heterocycles. The summed E-state index contributed by atoms with van der Waals surface area (Å²) in [6.45, 7) is 4.72. The van der Waals surface area contributed by atoms with E-state index in [1.807, 2.05) is 49.4 Å². The van der Waals surface area contributed by atoms with Crippen molar-refractivity contribution in [2.45, 2.75) is 13.5 Å². The van der Waals surface area contributed by atoms with Crippen molar-refractivity contribution >= 4 is 5.69 Å². The Morgan fingerprint density at radius 1 is 0.950 bits per heavy atom. The van der Waals surface area contributed by atoms with Crippen LogP contribution in [0.3, 0.4) is 0 Å². The minimum Gasteiger partial charge on any atom is -0.491 e. The van der Waals surface area contributed by atoms with Gasteiger partial charge in [0.15, 0.2) is 0 Å². The summed E-state index contributed by atoms with van der Waals surface area (Å²) in [5.41, 5.74) is 2.32. The first-order valence-corrected chi connectivity index (χ1v) is 6.97. The van der Waals surface area contributed by atoms with Crippen LogP contribution in [-0.2, 0) is 11.3 Å². The van der Waals surface area contributed by atoms with Crippen LogP contribution >= 0.6 is 0 Å². The molecule has 0 bridgehead atoms. The van der Waals surface area contributed by atoms with Crippen LogP contribution in [-0.4, -0.2) is 19.8 Å². The van der Waals surface area contributed by atoms with Crippen LogP contribution in [0.15, 0.2) is 54.6 Å². The number of anilines is 1. The molecule has 0 saturated heterocycles. The third-order valence-corrected chi connectivity index (χ3v) is 2.87. The van der Waals surface area contributed by atoms with E-state index in [0.717, 1.165) is 24.6 Å². The molecule has 3 heteroatoms. The molecule has 106 valence electrons. The first kappa shape index (κ1) is 14.4. The first-order valence-electron chi connectivity index (χ1n) is 6.97. The summed E-state index contributed by atoms with van der Waals surface area (Å²) < 4.78 is 10.9. The minimum absolute atomic E-state index is 0.579. The molecule has 0 heterocycles. The van der Waals surface area contributed by atoms with Gasteiger partial charge in [0.05, 0.1) is 6.61 Å². The summed E-state index contributed by atoms with van der Waals surface area (Å²) in [6.07, 6.45) is 0. The van der Waals surface area contributed by atoms with Crippen LogP contribution in [0, 0.1) is 0 Å². The van der Waals surface area contributed by atoms with Crippen molar-refractivity contribution in [3.05, 3.63) is 60.2 Å². The van der Waals surface area contributed by atoms with E-state index < -0.39 is 0 Å². The lowest BCUT2D eigenvalue weighted by Crippen LogP contribution is -2.06. The van der Waals surface area contributed by atoms with Crippen LogP contribution in [0.4, 0.5) is 5.69 Å². The zero-order chi connectivity index (χ0) is 14.0. The Morgan fingerprint density at radius 2 is 1.80 bits per heavy atom. The van der Waals surface area contributed by atoms with Crippen molar-refractivity contribution in [3.63, 3.8) is 0 Å². The van der Waals surface area contributed by atoms with Gasteiger partial charge < -0.3 is 14.8 Å². The third kappa shape index (κ3) is 4.94. The molecule has 0 aromatic heterocycles. The van der Waals surface area contributed by atoms with Crippen LogP contribution in [0.5, 0.6) is 5.75 Å². The van der Waals surface area contributed by atoms with Gasteiger partial charge >= 0.3 is 0 Å². The lowest BCUT2D eigenvalue weighted by molar-refractivity contribution is 0.110. The highest BCUT2D eigenvalue weighted by molar-refractivity contribution is 5.48. The van der Waals surface area contributed by atoms with E-state index >= 15 is 0 Å². The molecule has 0 aliphatic carbocycles. The molecule has 0 saturated carbocycles. The second-order valence-electron chi connectivity index (χ2n) is 4.41. The summed E-state index contributed by atoms with van der Waals surface area (Å²) in [5.74, 6) is 0.864. The molecule has 0 atom stereocenters. The van der Waals surface area contributed by atoms with E-state index in [-0.39, 0.29) is 0 Å². The number of rotatable bonds is 8. The molecule has 20 heavy (non-hydrogen) atoms. The largest absolute Gasteiger partial charge is 0.491 e. The van der Waals surface area contributed by atoms with Gasteiger partial charge in [0.2, 0.25) is 0 Å². The molecule has 2 rings (SSSR count). The average Bonchev–Trinajstić information content (AvgIpc) is 2.51. The highest BCUT2D eigenvalue weighted by Crippen LogP contribution is 2.18. The van der Waals surface area contributed by atoms with Gasteiger partial charge in [-0.3, -0.25) is 0 Å². The number of hydrogen-bond donors (Lipinski definition) is 1. The minimum atomic E-state index is 0.579. The summed E-state index contributed by atoms with van der Waals surface area (Å²) >= 11 is 0. The summed E-state index contributed by atoms with van der Waals surface area (Å²) in [4.78, 5) is 0. The predicted molar refractivity (Wildman–Crippen MR) is 82.2 cm³/mol. The fraction of sp³-hybridized carbons (Fsp3) is 0.294. The molecule has 2 aromatic rings. The molecule has 0 amide bonds. The van der Waals surface area contributed by atoms with Crippen LogP contribution in [0.25, 0.3) is 0 Å². The van der Waals surface area contributed by atoms with Gasteiger partial charge in [-0.2, -0.15) is 0 Å². The van der Waals surface area contributed by atoms with Gasteiger partial charge in [-0.05, 0) is 24.6 Å². The van der Waals surface area contributed by atoms with Gasteiger partial charge in [0.1, 0.15) is 12.4 Å². The van der Waals surface area contributed by atoms with E-state index in [9.17, 15) is 0 Å². The Bertz CT molecular complexity index is 499. The number of benzene rings is 2. The van der Waals surface area contributed by atoms with Gasteiger partial charge in [0.25, 0.3) is 0 Å². The Balaban J connectivity index is 1.83. The molecule has 0 fully saturated rings. The first-order chi connectivity index (χ1) is 9.88. The SMILES string of the molecule is CCOCCOc1cccc(NCc2ccccc2)c1. The normalized spacial score (nSPS) is 10.2. The zero-order valence-electron chi connectivity index (χ0n) is 11.8. The quantitative estimate of drug-likeness (QED) is 0.742. The molecule has 0 spiro atoms. The maximum absolute atomic E-state index is 5.64. The summed E-state index contributed by atoms with van der Waals surface area (Å²) in [6, 6.07) is 18.3. The lowest BCUT2D eigenvalue weighted by Gasteiger charge is -2.10. The molecular formula is C17H21NO2. The third-order valence-electron chi connectivity index (χ3n) is 2.87. The number of hydrogen-bond acceptors (Lipinski definition) is 3. The highest BCUT2D eigenvalue weighted by Gasteiger charge is 1.97. The smallest absolute Gasteiger partial charge is 0.121 e. The summed E-state index contributed by atoms with van der Waals surface area (Å²) in [7, 11) is 0. The molecule has 1 N–H and O–H groups in total. The Morgan fingerprint density at radius 3 is 2.60 bits per heavy atom. The second-order valence-corrected chi connectivity index (χ2v) is 4.41. The van der Waals surface area contributed by atoms with Gasteiger partial charge in [-0.1, -0.05) is 36.4 Å². The van der Waals surface area contributed by atoms with Crippen molar-refractivity contribution in [1.82, 2.24) is 0 Å². The van der Waals surface area contributed by atoms with Gasteiger partial charge in [-0.25, -0.2) is 0 Å². The van der Waals surface area contributed by atoms with E-state index in [4.69, 9.17) is 9.47 Å². The van der Waals surface area contributed by atoms with Gasteiger partial charge in [-0.15, -0.1) is 0 Å². The van der Waals surface area contributed by atoms with Crippen molar-refractivity contribution in [3.8, 4) is 5.75 Å². The van der Waals surface area contributed by atoms with Crippen molar-refractivity contribution < 1.29 is 9.47 Å². The zero-order valence-corrected chi connectivity index (χ0v) is 11.8. The van der Waals surface area contributed by atoms with Gasteiger partial charge in [0, 0.05) is 24.9 Å².